The number of nitrogens with zero attached hydrogens (tertiary/aromatic N) is 2. The maximum absolute atomic E-state index is 6.01. The number of halogens is 1. The third kappa shape index (κ3) is 3.01. The first kappa shape index (κ1) is 13.3. The van der Waals surface area contributed by atoms with Crippen LogP contribution in [0.1, 0.15) is 17.8 Å². The molecule has 0 bridgehead atoms. The Morgan fingerprint density at radius 2 is 2.29 bits per heavy atom. The van der Waals surface area contributed by atoms with Gasteiger partial charge in [-0.3, -0.25) is 4.90 Å². The molecule has 0 aromatic carbocycles. The predicted octanol–water partition coefficient (Wildman–Crippen LogP) is 2.04. The van der Waals surface area contributed by atoms with Gasteiger partial charge in [0.2, 0.25) is 0 Å². The Kier molecular flexibility index (Phi) is 4.44. The molecule has 1 aliphatic rings. The molecule has 5 heteroatoms. The summed E-state index contributed by atoms with van der Waals surface area (Å²) in [5, 5.41) is 0. The van der Waals surface area contributed by atoms with Crippen molar-refractivity contribution in [1.82, 2.24) is 9.80 Å². The first-order chi connectivity index (χ1) is 8.11. The van der Waals surface area contributed by atoms with E-state index in [9.17, 15) is 0 Å². The minimum Gasteiger partial charge on any atom is -0.329 e. The van der Waals surface area contributed by atoms with Crippen molar-refractivity contribution >= 4 is 22.9 Å². The molecule has 17 heavy (non-hydrogen) atoms. The molecule has 1 aliphatic heterocycles. The average Bonchev–Trinajstić information content (AvgIpc) is 2.69. The first-order valence-corrected chi connectivity index (χ1v) is 7.21. The minimum atomic E-state index is 0.316. The number of thiophene rings is 1. The van der Waals surface area contributed by atoms with Crippen LogP contribution in [-0.2, 0) is 0 Å². The molecule has 0 saturated carbocycles. The van der Waals surface area contributed by atoms with Crippen molar-refractivity contribution in [3.63, 3.8) is 0 Å². The molecule has 1 saturated heterocycles. The highest BCUT2D eigenvalue weighted by Gasteiger charge is 2.28. The van der Waals surface area contributed by atoms with E-state index in [1.807, 2.05) is 6.07 Å². The van der Waals surface area contributed by atoms with Crippen LogP contribution >= 0.6 is 22.9 Å². The molecular weight excluding hydrogens is 254 g/mol. The lowest BCUT2D eigenvalue weighted by Gasteiger charge is -2.42. The molecular formula is C12H20ClN3S. The number of hydrogen-bond donors (Lipinski definition) is 1. The van der Waals surface area contributed by atoms with Gasteiger partial charge in [-0.1, -0.05) is 11.6 Å². The van der Waals surface area contributed by atoms with Gasteiger partial charge in [-0.2, -0.15) is 0 Å². The third-order valence-corrected chi connectivity index (χ3v) is 4.76. The molecule has 1 aromatic rings. The molecule has 2 unspecified atom stereocenters. The molecule has 1 fully saturated rings. The van der Waals surface area contributed by atoms with Crippen molar-refractivity contribution in [3.05, 3.63) is 21.3 Å². The first-order valence-electron chi connectivity index (χ1n) is 6.01. The van der Waals surface area contributed by atoms with Crippen molar-refractivity contribution in [2.75, 3.05) is 33.2 Å². The Balaban J connectivity index is 2.13. The van der Waals surface area contributed by atoms with Crippen LogP contribution in [0.25, 0.3) is 0 Å². The van der Waals surface area contributed by atoms with Crippen LogP contribution < -0.4 is 5.73 Å². The topological polar surface area (TPSA) is 32.5 Å². The van der Waals surface area contributed by atoms with Gasteiger partial charge in [0.05, 0.1) is 10.4 Å². The summed E-state index contributed by atoms with van der Waals surface area (Å²) in [6, 6.07) is 4.93. The quantitative estimate of drug-likeness (QED) is 0.915. The Morgan fingerprint density at radius 3 is 2.82 bits per heavy atom. The second kappa shape index (κ2) is 5.67. The molecule has 2 heterocycles. The number of rotatable bonds is 3. The lowest BCUT2D eigenvalue weighted by molar-refractivity contribution is 0.0648. The fourth-order valence-electron chi connectivity index (χ4n) is 2.54. The molecule has 2 rings (SSSR count). The van der Waals surface area contributed by atoms with Crippen LogP contribution in [0, 0.1) is 0 Å². The fraction of sp³-hybridized carbons (Fsp3) is 0.667. The SMILES string of the molecule is CC1CN(C)CCN1C(CN)c1ccc(Cl)s1. The molecule has 3 nitrogen and oxygen atoms in total. The summed E-state index contributed by atoms with van der Waals surface area (Å²) in [4.78, 5) is 6.16. The molecule has 1 aromatic heterocycles. The molecule has 0 spiro atoms. The summed E-state index contributed by atoms with van der Waals surface area (Å²) in [7, 11) is 2.17. The number of piperazine rings is 1. The monoisotopic (exact) mass is 273 g/mol. The van der Waals surface area contributed by atoms with Gasteiger partial charge in [-0.25, -0.2) is 0 Å². The largest absolute Gasteiger partial charge is 0.329 e. The zero-order chi connectivity index (χ0) is 12.4. The van der Waals surface area contributed by atoms with Gasteiger partial charge < -0.3 is 10.6 Å². The normalized spacial score (nSPS) is 25.1. The van der Waals surface area contributed by atoms with Crippen LogP contribution in [0.15, 0.2) is 12.1 Å². The van der Waals surface area contributed by atoms with Gasteiger partial charge in [0.25, 0.3) is 0 Å². The molecule has 96 valence electrons. The van der Waals surface area contributed by atoms with Crippen LogP contribution in [-0.4, -0.2) is 49.1 Å². The summed E-state index contributed by atoms with van der Waals surface area (Å²) in [6.07, 6.45) is 0. The molecule has 0 amide bonds. The molecule has 0 aliphatic carbocycles. The standard InChI is InChI=1S/C12H20ClN3S/c1-9-8-15(2)5-6-16(9)10(7-14)11-3-4-12(13)17-11/h3-4,9-10H,5-8,14H2,1-2H3. The molecule has 0 radical (unpaired) electrons. The Hall–Kier alpha value is -0.130. The minimum absolute atomic E-state index is 0.316. The lowest BCUT2D eigenvalue weighted by Crippen LogP contribution is -2.52. The smallest absolute Gasteiger partial charge is 0.0931 e. The van der Waals surface area contributed by atoms with Crippen molar-refractivity contribution in [2.45, 2.75) is 19.0 Å². The van der Waals surface area contributed by atoms with E-state index >= 15 is 0 Å². The van der Waals surface area contributed by atoms with Crippen molar-refractivity contribution < 1.29 is 0 Å². The van der Waals surface area contributed by atoms with E-state index in [2.05, 4.69) is 29.8 Å². The van der Waals surface area contributed by atoms with Gasteiger partial charge >= 0.3 is 0 Å². The van der Waals surface area contributed by atoms with E-state index in [4.69, 9.17) is 17.3 Å². The summed E-state index contributed by atoms with van der Waals surface area (Å²) >= 11 is 7.66. The zero-order valence-electron chi connectivity index (χ0n) is 10.4. The molecule has 2 N–H and O–H groups in total. The summed E-state index contributed by atoms with van der Waals surface area (Å²) < 4.78 is 0.847. The summed E-state index contributed by atoms with van der Waals surface area (Å²) in [5.41, 5.74) is 5.95. The van der Waals surface area contributed by atoms with E-state index in [-0.39, 0.29) is 0 Å². The maximum Gasteiger partial charge on any atom is 0.0931 e. The van der Waals surface area contributed by atoms with E-state index < -0.39 is 0 Å². The number of hydrogen-bond acceptors (Lipinski definition) is 4. The van der Waals surface area contributed by atoms with E-state index in [0.717, 1.165) is 24.0 Å². The van der Waals surface area contributed by atoms with Gasteiger partial charge in [-0.15, -0.1) is 11.3 Å². The number of nitrogens with two attached hydrogens (primary N) is 1. The van der Waals surface area contributed by atoms with Gasteiger partial charge in [-0.05, 0) is 26.1 Å². The van der Waals surface area contributed by atoms with E-state index in [1.165, 1.54) is 4.88 Å². The Bertz CT molecular complexity index is 368. The van der Waals surface area contributed by atoms with Crippen molar-refractivity contribution in [3.8, 4) is 0 Å². The van der Waals surface area contributed by atoms with Crippen LogP contribution in [0.4, 0.5) is 0 Å². The van der Waals surface area contributed by atoms with Crippen LogP contribution in [0.2, 0.25) is 4.34 Å². The van der Waals surface area contributed by atoms with Crippen LogP contribution in [0.5, 0.6) is 0 Å². The Labute approximate surface area is 112 Å². The second-order valence-corrected chi connectivity index (χ2v) is 6.49. The highest BCUT2D eigenvalue weighted by molar-refractivity contribution is 7.16. The Morgan fingerprint density at radius 1 is 1.53 bits per heavy atom. The van der Waals surface area contributed by atoms with Gasteiger partial charge in [0.15, 0.2) is 0 Å². The van der Waals surface area contributed by atoms with Gasteiger partial charge in [0.1, 0.15) is 0 Å². The predicted molar refractivity (Wildman–Crippen MR) is 74.8 cm³/mol. The third-order valence-electron chi connectivity index (χ3n) is 3.43. The van der Waals surface area contributed by atoms with E-state index in [1.54, 1.807) is 11.3 Å². The fourth-order valence-corrected chi connectivity index (χ4v) is 3.73. The zero-order valence-corrected chi connectivity index (χ0v) is 12.0. The highest BCUT2D eigenvalue weighted by atomic mass is 35.5. The van der Waals surface area contributed by atoms with E-state index in [0.29, 0.717) is 18.6 Å². The average molecular weight is 274 g/mol. The number of likely N-dealkylation sites (N-methyl/N-ethyl adjacent to an activating group) is 1. The highest BCUT2D eigenvalue weighted by Crippen LogP contribution is 2.31. The second-order valence-electron chi connectivity index (χ2n) is 4.74. The lowest BCUT2D eigenvalue weighted by atomic mass is 10.1. The van der Waals surface area contributed by atoms with Gasteiger partial charge in [0, 0.05) is 37.1 Å². The van der Waals surface area contributed by atoms with Crippen molar-refractivity contribution in [2.24, 2.45) is 5.73 Å². The molecule has 2 atom stereocenters. The van der Waals surface area contributed by atoms with Crippen molar-refractivity contribution in [1.29, 1.82) is 0 Å². The van der Waals surface area contributed by atoms with Crippen LogP contribution in [0.3, 0.4) is 0 Å². The summed E-state index contributed by atoms with van der Waals surface area (Å²) in [6.45, 7) is 6.23. The maximum atomic E-state index is 6.01. The summed E-state index contributed by atoms with van der Waals surface area (Å²) in [5.74, 6) is 0.